The third-order valence-electron chi connectivity index (χ3n) is 5.15. The first-order valence-corrected chi connectivity index (χ1v) is 7.37. The highest BCUT2D eigenvalue weighted by molar-refractivity contribution is 5.33. The maximum atomic E-state index is 6.55. The second-order valence-corrected chi connectivity index (χ2v) is 7.21. The maximum absolute atomic E-state index is 6.55. The second kappa shape index (κ2) is 4.29. The van der Waals surface area contributed by atoms with Gasteiger partial charge in [0.1, 0.15) is 0 Å². The van der Waals surface area contributed by atoms with Gasteiger partial charge in [-0.15, -0.1) is 0 Å². The number of likely N-dealkylation sites (tertiary alicyclic amines) is 1. The molecule has 2 heterocycles. The number of rotatable bonds is 0. The zero-order valence-corrected chi connectivity index (χ0v) is 12.3. The highest BCUT2D eigenvalue weighted by Crippen LogP contribution is 2.50. The van der Waals surface area contributed by atoms with E-state index in [0.717, 1.165) is 19.5 Å². The predicted octanol–water partition coefficient (Wildman–Crippen LogP) is 2.52. The van der Waals surface area contributed by atoms with Crippen LogP contribution in [0.25, 0.3) is 0 Å². The van der Waals surface area contributed by atoms with E-state index in [9.17, 15) is 0 Å². The van der Waals surface area contributed by atoms with Crippen LogP contribution in [0.15, 0.2) is 18.3 Å². The van der Waals surface area contributed by atoms with Gasteiger partial charge < -0.3 is 5.73 Å². The molecule has 1 atom stereocenters. The van der Waals surface area contributed by atoms with Crippen molar-refractivity contribution in [1.29, 1.82) is 0 Å². The van der Waals surface area contributed by atoms with Crippen molar-refractivity contribution in [3.63, 3.8) is 0 Å². The summed E-state index contributed by atoms with van der Waals surface area (Å²) < 4.78 is 0. The fourth-order valence-electron chi connectivity index (χ4n) is 3.77. The minimum Gasteiger partial charge on any atom is -0.323 e. The van der Waals surface area contributed by atoms with Gasteiger partial charge in [0.25, 0.3) is 0 Å². The van der Waals surface area contributed by atoms with Crippen LogP contribution in [0.4, 0.5) is 0 Å². The Bertz CT molecular complexity index is 467. The van der Waals surface area contributed by atoms with Crippen molar-refractivity contribution < 1.29 is 0 Å². The largest absolute Gasteiger partial charge is 0.323 e. The van der Waals surface area contributed by atoms with E-state index >= 15 is 0 Å². The summed E-state index contributed by atoms with van der Waals surface area (Å²) in [6.07, 6.45) is 5.36. The number of aromatic nitrogens is 1. The Morgan fingerprint density at radius 3 is 2.58 bits per heavy atom. The minimum atomic E-state index is 0.179. The van der Waals surface area contributed by atoms with Crippen molar-refractivity contribution in [3.8, 4) is 0 Å². The highest BCUT2D eigenvalue weighted by atomic mass is 15.2. The van der Waals surface area contributed by atoms with Crippen LogP contribution in [-0.4, -0.2) is 28.5 Å². The van der Waals surface area contributed by atoms with Gasteiger partial charge in [0.05, 0.1) is 0 Å². The van der Waals surface area contributed by atoms with Gasteiger partial charge in [-0.25, -0.2) is 0 Å². The van der Waals surface area contributed by atoms with Crippen molar-refractivity contribution in [2.75, 3.05) is 13.1 Å². The number of pyridine rings is 1. The summed E-state index contributed by atoms with van der Waals surface area (Å²) in [5, 5.41) is 0. The van der Waals surface area contributed by atoms with Gasteiger partial charge >= 0.3 is 0 Å². The molecule has 104 valence electrons. The van der Waals surface area contributed by atoms with E-state index in [4.69, 9.17) is 5.73 Å². The Labute approximate surface area is 116 Å². The molecule has 3 rings (SSSR count). The van der Waals surface area contributed by atoms with Crippen LogP contribution < -0.4 is 5.73 Å². The zero-order chi connectivity index (χ0) is 13.7. The first-order chi connectivity index (χ1) is 8.92. The molecule has 1 aliphatic carbocycles. The molecule has 0 amide bonds. The van der Waals surface area contributed by atoms with E-state index < -0.39 is 0 Å². The Morgan fingerprint density at radius 2 is 2.00 bits per heavy atom. The zero-order valence-electron chi connectivity index (χ0n) is 12.3. The van der Waals surface area contributed by atoms with Crippen LogP contribution in [0, 0.1) is 5.41 Å². The van der Waals surface area contributed by atoms with Crippen molar-refractivity contribution in [2.24, 2.45) is 11.1 Å². The molecule has 1 aromatic heterocycles. The SMILES string of the molecule is CC(C)(C)N1CCC2(CC1)Cc1ncccc1[C@H]2N. The van der Waals surface area contributed by atoms with Crippen molar-refractivity contribution in [1.82, 2.24) is 9.88 Å². The van der Waals surface area contributed by atoms with Crippen molar-refractivity contribution in [2.45, 2.75) is 51.6 Å². The molecule has 0 unspecified atom stereocenters. The number of nitrogens with two attached hydrogens (primary N) is 1. The molecule has 1 spiro atoms. The van der Waals surface area contributed by atoms with E-state index in [0.29, 0.717) is 0 Å². The Kier molecular flexibility index (Phi) is 2.95. The van der Waals surface area contributed by atoms with E-state index in [1.165, 1.54) is 24.1 Å². The molecule has 3 heteroatoms. The molecular weight excluding hydrogens is 234 g/mol. The number of piperidine rings is 1. The summed E-state index contributed by atoms with van der Waals surface area (Å²) in [6, 6.07) is 4.36. The summed E-state index contributed by atoms with van der Waals surface area (Å²) in [4.78, 5) is 7.12. The summed E-state index contributed by atoms with van der Waals surface area (Å²) in [6.45, 7) is 9.22. The first-order valence-electron chi connectivity index (χ1n) is 7.37. The van der Waals surface area contributed by atoms with E-state index in [1.54, 1.807) is 0 Å². The van der Waals surface area contributed by atoms with Crippen LogP contribution in [-0.2, 0) is 6.42 Å². The molecule has 19 heavy (non-hydrogen) atoms. The highest BCUT2D eigenvalue weighted by Gasteiger charge is 2.47. The third kappa shape index (κ3) is 2.09. The third-order valence-corrected chi connectivity index (χ3v) is 5.15. The van der Waals surface area contributed by atoms with Gasteiger partial charge in [0.2, 0.25) is 0 Å². The van der Waals surface area contributed by atoms with Gasteiger partial charge in [-0.3, -0.25) is 9.88 Å². The van der Waals surface area contributed by atoms with E-state index in [1.807, 2.05) is 12.3 Å². The van der Waals surface area contributed by atoms with Gasteiger partial charge in [-0.1, -0.05) is 6.07 Å². The molecule has 2 N–H and O–H groups in total. The number of hydrogen-bond donors (Lipinski definition) is 1. The normalized spacial score (nSPS) is 26.6. The van der Waals surface area contributed by atoms with Gasteiger partial charge in [-0.05, 0) is 70.2 Å². The van der Waals surface area contributed by atoms with Gasteiger partial charge in [-0.2, -0.15) is 0 Å². The molecule has 0 aromatic carbocycles. The second-order valence-electron chi connectivity index (χ2n) is 7.21. The summed E-state index contributed by atoms with van der Waals surface area (Å²) in [5.74, 6) is 0. The molecule has 1 aromatic rings. The Morgan fingerprint density at radius 1 is 1.32 bits per heavy atom. The van der Waals surface area contributed by atoms with Crippen molar-refractivity contribution >= 4 is 0 Å². The number of fused-ring (bicyclic) bond motifs is 1. The van der Waals surface area contributed by atoms with Crippen LogP contribution >= 0.6 is 0 Å². The van der Waals surface area contributed by atoms with Crippen LogP contribution in [0.3, 0.4) is 0 Å². The predicted molar refractivity (Wildman–Crippen MR) is 77.9 cm³/mol. The fourth-order valence-corrected chi connectivity index (χ4v) is 3.77. The van der Waals surface area contributed by atoms with Crippen molar-refractivity contribution in [3.05, 3.63) is 29.6 Å². The number of hydrogen-bond acceptors (Lipinski definition) is 3. The number of nitrogens with zero attached hydrogens (tertiary/aromatic N) is 2. The Balaban J connectivity index is 1.79. The lowest BCUT2D eigenvalue weighted by molar-refractivity contribution is 0.0343. The fraction of sp³-hybridized carbons (Fsp3) is 0.688. The molecule has 0 saturated carbocycles. The van der Waals surface area contributed by atoms with Gasteiger partial charge in [0, 0.05) is 23.5 Å². The monoisotopic (exact) mass is 259 g/mol. The molecule has 2 aliphatic rings. The van der Waals surface area contributed by atoms with Crippen LogP contribution in [0.5, 0.6) is 0 Å². The smallest absolute Gasteiger partial charge is 0.0457 e. The topological polar surface area (TPSA) is 42.2 Å². The lowest BCUT2D eigenvalue weighted by Crippen LogP contribution is -2.51. The Hall–Kier alpha value is -0.930. The van der Waals surface area contributed by atoms with E-state index in [-0.39, 0.29) is 17.0 Å². The molecular formula is C16H25N3. The average molecular weight is 259 g/mol. The lowest BCUT2D eigenvalue weighted by atomic mass is 9.72. The van der Waals surface area contributed by atoms with Gasteiger partial charge in [0.15, 0.2) is 0 Å². The average Bonchev–Trinajstić information content (AvgIpc) is 2.63. The minimum absolute atomic E-state index is 0.179. The first kappa shape index (κ1) is 13.1. The summed E-state index contributed by atoms with van der Waals surface area (Å²) >= 11 is 0. The molecule has 1 fully saturated rings. The quantitative estimate of drug-likeness (QED) is 0.778. The molecule has 1 saturated heterocycles. The standard InChI is InChI=1S/C16H25N3/c1-15(2,3)19-9-6-16(7-10-19)11-13-12(14(16)17)5-4-8-18-13/h4-5,8,14H,6-7,9-11,17H2,1-3H3/t14-/m1/s1. The molecule has 3 nitrogen and oxygen atoms in total. The van der Waals surface area contributed by atoms with Crippen LogP contribution in [0.2, 0.25) is 0 Å². The van der Waals surface area contributed by atoms with E-state index in [2.05, 4.69) is 36.7 Å². The molecule has 0 radical (unpaired) electrons. The lowest BCUT2D eigenvalue weighted by Gasteiger charge is -2.46. The molecule has 0 bridgehead atoms. The maximum Gasteiger partial charge on any atom is 0.0457 e. The molecule has 1 aliphatic heterocycles. The summed E-state index contributed by atoms with van der Waals surface area (Å²) in [7, 11) is 0. The van der Waals surface area contributed by atoms with Crippen LogP contribution in [0.1, 0.15) is 50.9 Å². The summed E-state index contributed by atoms with van der Waals surface area (Å²) in [5.41, 5.74) is 9.61.